The summed E-state index contributed by atoms with van der Waals surface area (Å²) in [6.45, 7) is 2.15. The van der Waals surface area contributed by atoms with Crippen molar-refractivity contribution in [2.45, 2.75) is 17.7 Å². The fraction of sp³-hybridized carbons (Fsp3) is 0.222. The van der Waals surface area contributed by atoms with Crippen LogP contribution in [-0.2, 0) is 6.42 Å². The number of rotatable bonds is 7. The number of carbonyl (C=O) groups excluding carboxylic acids is 1. The number of hydrogen-bond donors (Lipinski definition) is 2. The van der Waals surface area contributed by atoms with Crippen LogP contribution in [0.25, 0.3) is 10.2 Å². The van der Waals surface area contributed by atoms with Crippen molar-refractivity contribution in [3.05, 3.63) is 53.6 Å². The van der Waals surface area contributed by atoms with Gasteiger partial charge in [0.2, 0.25) is 0 Å². The summed E-state index contributed by atoms with van der Waals surface area (Å²) in [6.07, 6.45) is 0.0310. The van der Waals surface area contributed by atoms with Gasteiger partial charge >= 0.3 is 6.03 Å². The van der Waals surface area contributed by atoms with E-state index in [1.807, 2.05) is 24.3 Å². The normalized spacial score (nSPS) is 10.8. The molecule has 0 fully saturated rings. The van der Waals surface area contributed by atoms with Crippen LogP contribution >= 0.6 is 23.3 Å². The Labute approximate surface area is 163 Å². The number of aromatic nitrogens is 1. The van der Waals surface area contributed by atoms with Crippen LogP contribution in [0.5, 0.6) is 5.75 Å². The predicted molar refractivity (Wildman–Crippen MR) is 103 cm³/mol. The molecule has 2 aromatic carbocycles. The van der Waals surface area contributed by atoms with Crippen molar-refractivity contribution in [2.24, 2.45) is 0 Å². The first-order valence-corrected chi connectivity index (χ1v) is 9.87. The first-order chi connectivity index (χ1) is 13.1. The molecule has 2 amide bonds. The van der Waals surface area contributed by atoms with E-state index in [4.69, 9.17) is 4.74 Å². The number of thiazole rings is 1. The molecule has 0 bridgehead atoms. The molecule has 27 heavy (non-hydrogen) atoms. The molecule has 0 saturated heterocycles. The lowest BCUT2D eigenvalue weighted by Gasteiger charge is -2.09. The van der Waals surface area contributed by atoms with E-state index in [-0.39, 0.29) is 24.3 Å². The van der Waals surface area contributed by atoms with Gasteiger partial charge in [0.1, 0.15) is 17.4 Å². The fourth-order valence-corrected chi connectivity index (χ4v) is 4.04. The van der Waals surface area contributed by atoms with Crippen LogP contribution in [0.15, 0.2) is 40.7 Å². The second-order valence-electron chi connectivity index (χ2n) is 5.46. The zero-order valence-electron chi connectivity index (χ0n) is 14.4. The number of para-hydroxylation sites is 1. The summed E-state index contributed by atoms with van der Waals surface area (Å²) >= 11 is 2.56. The largest absolute Gasteiger partial charge is 0.494 e. The Hall–Kier alpha value is -2.39. The van der Waals surface area contributed by atoms with Crippen LogP contribution in [0, 0.1) is 11.6 Å². The Morgan fingerprint density at radius 1 is 1.26 bits per heavy atom. The maximum absolute atomic E-state index is 14.0. The van der Waals surface area contributed by atoms with Crippen LogP contribution in [0.1, 0.15) is 12.5 Å². The first kappa shape index (κ1) is 19.4. The molecular formula is C18H17F2N3O2S2. The summed E-state index contributed by atoms with van der Waals surface area (Å²) < 4.78 is 37.4. The number of urea groups is 1. The lowest BCUT2D eigenvalue weighted by Crippen LogP contribution is -2.33. The highest BCUT2D eigenvalue weighted by atomic mass is 32.2. The van der Waals surface area contributed by atoms with Gasteiger partial charge in [-0.2, -0.15) is 0 Å². The third kappa shape index (κ3) is 5.08. The third-order valence-corrected chi connectivity index (χ3v) is 5.48. The van der Waals surface area contributed by atoms with Crippen molar-refractivity contribution in [1.82, 2.24) is 15.0 Å². The summed E-state index contributed by atoms with van der Waals surface area (Å²) in [5, 5.41) is 2.57. The Morgan fingerprint density at radius 3 is 2.70 bits per heavy atom. The molecule has 0 spiro atoms. The molecule has 0 aliphatic heterocycles. The molecule has 3 rings (SSSR count). The van der Waals surface area contributed by atoms with Crippen LogP contribution in [0.4, 0.5) is 13.6 Å². The topological polar surface area (TPSA) is 63.2 Å². The van der Waals surface area contributed by atoms with E-state index in [1.165, 1.54) is 11.3 Å². The van der Waals surface area contributed by atoms with E-state index in [1.54, 1.807) is 6.92 Å². The summed E-state index contributed by atoms with van der Waals surface area (Å²) in [4.78, 5) is 16.2. The Bertz CT molecular complexity index is 893. The molecule has 0 saturated carbocycles. The zero-order valence-corrected chi connectivity index (χ0v) is 16.1. The molecular weight excluding hydrogens is 392 g/mol. The van der Waals surface area contributed by atoms with Gasteiger partial charge in [0.15, 0.2) is 4.34 Å². The van der Waals surface area contributed by atoms with Gasteiger partial charge in [-0.05, 0) is 25.5 Å². The number of halogens is 2. The molecule has 9 heteroatoms. The molecule has 0 aliphatic rings. The summed E-state index contributed by atoms with van der Waals surface area (Å²) in [5.74, 6) is -1.23. The van der Waals surface area contributed by atoms with Gasteiger partial charge in [0.05, 0.1) is 16.8 Å². The number of hydrogen-bond acceptors (Lipinski definition) is 5. The van der Waals surface area contributed by atoms with Crippen molar-refractivity contribution in [3.8, 4) is 5.75 Å². The van der Waals surface area contributed by atoms with Gasteiger partial charge in [0, 0.05) is 36.2 Å². The highest BCUT2D eigenvalue weighted by Crippen LogP contribution is 2.27. The van der Waals surface area contributed by atoms with Crippen molar-refractivity contribution in [3.63, 3.8) is 0 Å². The first-order valence-electron chi connectivity index (χ1n) is 8.23. The van der Waals surface area contributed by atoms with E-state index < -0.39 is 17.7 Å². The predicted octanol–water partition coefficient (Wildman–Crippen LogP) is 4.52. The molecule has 142 valence electrons. The van der Waals surface area contributed by atoms with E-state index in [2.05, 4.69) is 15.0 Å². The monoisotopic (exact) mass is 409 g/mol. The molecule has 0 radical (unpaired) electrons. The minimum Gasteiger partial charge on any atom is -0.494 e. The lowest BCUT2D eigenvalue weighted by molar-refractivity contribution is 0.246. The van der Waals surface area contributed by atoms with E-state index >= 15 is 0 Å². The quantitative estimate of drug-likeness (QED) is 0.563. The molecule has 2 N–H and O–H groups in total. The lowest BCUT2D eigenvalue weighted by atomic mass is 10.1. The number of carbonyl (C=O) groups is 1. The Kier molecular flexibility index (Phi) is 6.46. The van der Waals surface area contributed by atoms with E-state index in [0.29, 0.717) is 10.9 Å². The highest BCUT2D eigenvalue weighted by molar-refractivity contribution is 7.99. The molecule has 1 heterocycles. The number of ether oxygens (including phenoxy) is 1. The second-order valence-corrected chi connectivity index (χ2v) is 7.54. The maximum Gasteiger partial charge on any atom is 0.325 e. The van der Waals surface area contributed by atoms with Crippen LogP contribution in [0.2, 0.25) is 0 Å². The van der Waals surface area contributed by atoms with Crippen molar-refractivity contribution >= 4 is 39.5 Å². The summed E-state index contributed by atoms with van der Waals surface area (Å²) in [6, 6.07) is 9.51. The average Bonchev–Trinajstić information content (AvgIpc) is 3.05. The van der Waals surface area contributed by atoms with Crippen LogP contribution < -0.4 is 14.8 Å². The number of nitrogens with one attached hydrogen (secondary N) is 2. The van der Waals surface area contributed by atoms with Gasteiger partial charge in [-0.25, -0.2) is 18.6 Å². The smallest absolute Gasteiger partial charge is 0.325 e. The van der Waals surface area contributed by atoms with Gasteiger partial charge in [-0.1, -0.05) is 12.1 Å². The number of nitrogens with zero attached hydrogens (tertiary/aromatic N) is 1. The van der Waals surface area contributed by atoms with Gasteiger partial charge in [0.25, 0.3) is 0 Å². The van der Waals surface area contributed by atoms with E-state index in [0.717, 1.165) is 34.3 Å². The van der Waals surface area contributed by atoms with Crippen LogP contribution in [0.3, 0.4) is 0 Å². The zero-order chi connectivity index (χ0) is 19.2. The van der Waals surface area contributed by atoms with Crippen molar-refractivity contribution < 1.29 is 18.3 Å². The van der Waals surface area contributed by atoms with Gasteiger partial charge in [-0.3, -0.25) is 4.72 Å². The van der Waals surface area contributed by atoms with Crippen molar-refractivity contribution in [1.29, 1.82) is 0 Å². The molecule has 5 nitrogen and oxygen atoms in total. The highest BCUT2D eigenvalue weighted by Gasteiger charge is 2.13. The van der Waals surface area contributed by atoms with Crippen molar-refractivity contribution in [2.75, 3.05) is 13.2 Å². The number of benzene rings is 2. The minimum atomic E-state index is -0.690. The Balaban J connectivity index is 1.48. The molecule has 1 aromatic heterocycles. The Morgan fingerprint density at radius 2 is 2.00 bits per heavy atom. The maximum atomic E-state index is 14.0. The summed E-state index contributed by atoms with van der Waals surface area (Å²) in [7, 11) is 0. The fourth-order valence-electron chi connectivity index (χ4n) is 2.39. The molecule has 0 unspecified atom stereocenters. The van der Waals surface area contributed by atoms with Crippen LogP contribution in [-0.4, -0.2) is 24.2 Å². The summed E-state index contributed by atoms with van der Waals surface area (Å²) in [5.41, 5.74) is 0.784. The van der Waals surface area contributed by atoms with E-state index in [9.17, 15) is 13.6 Å². The molecule has 3 aromatic rings. The third-order valence-electron chi connectivity index (χ3n) is 3.59. The number of fused-ring (bicyclic) bond motifs is 1. The number of amides is 2. The van der Waals surface area contributed by atoms with Gasteiger partial charge < -0.3 is 10.1 Å². The minimum absolute atomic E-state index is 0.0310. The standard InChI is InChI=1S/C18H17F2N3O2S2/c1-2-25-11-9-13(19)12(14(20)10-11)7-8-21-17(24)23-27-18-22-15-5-3-4-6-16(15)26-18/h3-6,9-10H,2,7-8H2,1H3,(H2,21,23,24). The second kappa shape index (κ2) is 9.01. The van der Waals surface area contributed by atoms with Gasteiger partial charge in [-0.15, -0.1) is 11.3 Å². The molecule has 0 aliphatic carbocycles. The average molecular weight is 409 g/mol. The SMILES string of the molecule is CCOc1cc(F)c(CCNC(=O)NSc2nc3ccccc3s2)c(F)c1. The molecule has 0 atom stereocenters.